The first-order valence-electron chi connectivity index (χ1n) is 13.0. The number of unbranched alkanes of at least 4 members (excludes halogenated alkanes) is 1. The third-order valence-corrected chi connectivity index (χ3v) is 7.86. The van der Waals surface area contributed by atoms with Crippen molar-refractivity contribution in [2.75, 3.05) is 31.1 Å². The SMILES string of the molecule is CCCCN(CCC)[C@H]1CCN(c2cnc3c(C)nn(C(C)c4ccc(Cl)cc4Cl)c3n2)C[C@H]1C. The van der Waals surface area contributed by atoms with E-state index >= 15 is 0 Å². The van der Waals surface area contributed by atoms with E-state index in [1.807, 2.05) is 29.9 Å². The van der Waals surface area contributed by atoms with Crippen molar-refractivity contribution >= 4 is 40.2 Å². The highest BCUT2D eigenvalue weighted by atomic mass is 35.5. The van der Waals surface area contributed by atoms with Crippen LogP contribution in [0.15, 0.2) is 24.4 Å². The van der Waals surface area contributed by atoms with Gasteiger partial charge in [-0.2, -0.15) is 5.10 Å². The molecule has 3 aromatic rings. The van der Waals surface area contributed by atoms with Gasteiger partial charge in [0.1, 0.15) is 11.3 Å². The number of aryl methyl sites for hydroxylation is 1. The number of benzene rings is 1. The van der Waals surface area contributed by atoms with E-state index in [2.05, 4.69) is 37.5 Å². The predicted molar refractivity (Wildman–Crippen MR) is 147 cm³/mol. The largest absolute Gasteiger partial charge is 0.355 e. The van der Waals surface area contributed by atoms with Crippen LogP contribution in [0.3, 0.4) is 0 Å². The van der Waals surface area contributed by atoms with Gasteiger partial charge in [-0.15, -0.1) is 0 Å². The summed E-state index contributed by atoms with van der Waals surface area (Å²) >= 11 is 12.6. The van der Waals surface area contributed by atoms with Gasteiger partial charge >= 0.3 is 0 Å². The highest BCUT2D eigenvalue weighted by molar-refractivity contribution is 6.35. The molecule has 3 heterocycles. The van der Waals surface area contributed by atoms with Gasteiger partial charge in [-0.25, -0.2) is 14.6 Å². The molecule has 0 spiro atoms. The van der Waals surface area contributed by atoms with Gasteiger partial charge in [0.2, 0.25) is 0 Å². The molecule has 1 unspecified atom stereocenters. The summed E-state index contributed by atoms with van der Waals surface area (Å²) in [5, 5.41) is 6.04. The molecule has 2 aromatic heterocycles. The second-order valence-corrected chi connectivity index (χ2v) is 10.8. The van der Waals surface area contributed by atoms with Crippen LogP contribution in [-0.4, -0.2) is 56.9 Å². The Morgan fingerprint density at radius 3 is 2.66 bits per heavy atom. The molecule has 1 aromatic carbocycles. The molecule has 1 fully saturated rings. The number of anilines is 1. The Hall–Kier alpha value is -1.89. The van der Waals surface area contributed by atoms with E-state index in [0.29, 0.717) is 22.0 Å². The van der Waals surface area contributed by atoms with Gasteiger partial charge in [-0.05, 0) is 69.8 Å². The van der Waals surface area contributed by atoms with Crippen molar-refractivity contribution in [2.45, 2.75) is 72.4 Å². The minimum Gasteiger partial charge on any atom is -0.355 e. The molecule has 1 aliphatic heterocycles. The molecule has 4 rings (SSSR count). The Kier molecular flexibility index (Phi) is 8.56. The van der Waals surface area contributed by atoms with Crippen molar-refractivity contribution in [2.24, 2.45) is 5.92 Å². The first-order valence-corrected chi connectivity index (χ1v) is 13.7. The molecule has 0 N–H and O–H groups in total. The Morgan fingerprint density at radius 2 is 1.97 bits per heavy atom. The molecule has 0 bridgehead atoms. The van der Waals surface area contributed by atoms with E-state index in [1.165, 1.54) is 32.4 Å². The molecule has 3 atom stereocenters. The van der Waals surface area contributed by atoms with Crippen molar-refractivity contribution in [1.29, 1.82) is 0 Å². The number of hydrogen-bond donors (Lipinski definition) is 0. The van der Waals surface area contributed by atoms with Gasteiger partial charge < -0.3 is 4.90 Å². The fraction of sp³-hybridized carbons (Fsp3) is 0.593. The lowest BCUT2D eigenvalue weighted by molar-refractivity contribution is 0.126. The first-order chi connectivity index (χ1) is 16.8. The highest BCUT2D eigenvalue weighted by Crippen LogP contribution is 2.32. The number of fused-ring (bicyclic) bond motifs is 1. The number of nitrogens with zero attached hydrogens (tertiary/aromatic N) is 6. The van der Waals surface area contributed by atoms with E-state index in [-0.39, 0.29) is 6.04 Å². The van der Waals surface area contributed by atoms with E-state index < -0.39 is 0 Å². The molecule has 1 saturated heterocycles. The maximum Gasteiger partial charge on any atom is 0.179 e. The zero-order valence-corrected chi connectivity index (χ0v) is 23.1. The monoisotopic (exact) mass is 516 g/mol. The molecular formula is C27H38Cl2N6. The Balaban J connectivity index is 1.58. The van der Waals surface area contributed by atoms with Crippen LogP contribution >= 0.6 is 23.2 Å². The van der Waals surface area contributed by atoms with Crippen LogP contribution in [0.4, 0.5) is 5.82 Å². The van der Waals surface area contributed by atoms with Crippen LogP contribution in [0.1, 0.15) is 70.7 Å². The Morgan fingerprint density at radius 1 is 1.17 bits per heavy atom. The highest BCUT2D eigenvalue weighted by Gasteiger charge is 2.31. The quantitative estimate of drug-likeness (QED) is 0.313. The van der Waals surface area contributed by atoms with Crippen LogP contribution < -0.4 is 4.90 Å². The number of aromatic nitrogens is 4. The minimum absolute atomic E-state index is 0.0913. The summed E-state index contributed by atoms with van der Waals surface area (Å²) in [4.78, 5) is 15.0. The molecule has 6 nitrogen and oxygen atoms in total. The van der Waals surface area contributed by atoms with Gasteiger partial charge in [-0.1, -0.05) is 56.5 Å². The normalized spacial score (nSPS) is 19.6. The summed E-state index contributed by atoms with van der Waals surface area (Å²) < 4.78 is 1.94. The topological polar surface area (TPSA) is 50.1 Å². The van der Waals surface area contributed by atoms with Crippen molar-refractivity contribution < 1.29 is 0 Å². The maximum atomic E-state index is 6.52. The zero-order chi connectivity index (χ0) is 25.1. The molecule has 0 aliphatic carbocycles. The van der Waals surface area contributed by atoms with Crippen molar-refractivity contribution in [3.8, 4) is 0 Å². The fourth-order valence-electron chi connectivity index (χ4n) is 5.41. The second kappa shape index (κ2) is 11.4. The first kappa shape index (κ1) is 26.2. The maximum absolute atomic E-state index is 6.52. The Bertz CT molecular complexity index is 1150. The standard InChI is InChI=1S/C27H38Cl2N6/c1-6-8-13-33(12-7-2)24-11-14-34(17-18(24)3)25-16-30-26-19(4)32-35(27(26)31-25)20(5)22-10-9-21(28)15-23(22)29/h9-10,15-16,18,20,24H,6-8,11-14,17H2,1-5H3/t18-,20?,24+/m1/s1. The average molecular weight is 518 g/mol. The van der Waals surface area contributed by atoms with Gasteiger partial charge in [0.05, 0.1) is 17.9 Å². The van der Waals surface area contributed by atoms with Crippen LogP contribution in [0.2, 0.25) is 10.0 Å². The third-order valence-electron chi connectivity index (χ3n) is 7.30. The molecule has 190 valence electrons. The zero-order valence-electron chi connectivity index (χ0n) is 21.6. The van der Waals surface area contributed by atoms with Crippen LogP contribution in [0.25, 0.3) is 11.2 Å². The van der Waals surface area contributed by atoms with Crippen LogP contribution in [0, 0.1) is 12.8 Å². The summed E-state index contributed by atoms with van der Waals surface area (Å²) in [6.45, 7) is 15.4. The van der Waals surface area contributed by atoms with Crippen molar-refractivity contribution in [3.05, 3.63) is 45.7 Å². The lowest BCUT2D eigenvalue weighted by Crippen LogP contribution is -2.51. The summed E-state index contributed by atoms with van der Waals surface area (Å²) in [6, 6.07) is 6.14. The van der Waals surface area contributed by atoms with E-state index in [1.54, 1.807) is 6.07 Å². The summed E-state index contributed by atoms with van der Waals surface area (Å²) in [5.41, 5.74) is 3.46. The minimum atomic E-state index is -0.0913. The van der Waals surface area contributed by atoms with Gasteiger partial charge in [-0.3, -0.25) is 4.90 Å². The summed E-state index contributed by atoms with van der Waals surface area (Å²) in [7, 11) is 0. The molecule has 8 heteroatoms. The van der Waals surface area contributed by atoms with Gasteiger partial charge in [0, 0.05) is 29.2 Å². The molecule has 0 amide bonds. The summed E-state index contributed by atoms with van der Waals surface area (Å²) in [6.07, 6.45) is 6.79. The van der Waals surface area contributed by atoms with Crippen molar-refractivity contribution in [1.82, 2.24) is 24.6 Å². The van der Waals surface area contributed by atoms with Gasteiger partial charge in [0.15, 0.2) is 5.65 Å². The second-order valence-electron chi connectivity index (χ2n) is 9.94. The van der Waals surface area contributed by atoms with Crippen LogP contribution in [0.5, 0.6) is 0 Å². The molecular weight excluding hydrogens is 479 g/mol. The van der Waals surface area contributed by atoms with E-state index in [4.69, 9.17) is 38.3 Å². The fourth-order valence-corrected chi connectivity index (χ4v) is 5.98. The molecule has 0 saturated carbocycles. The van der Waals surface area contributed by atoms with E-state index in [0.717, 1.165) is 47.7 Å². The Labute approximate surface area is 219 Å². The van der Waals surface area contributed by atoms with Gasteiger partial charge in [0.25, 0.3) is 0 Å². The molecule has 0 radical (unpaired) electrons. The lowest BCUT2D eigenvalue weighted by atomic mass is 9.92. The number of rotatable bonds is 9. The number of halogens is 2. The number of piperidine rings is 1. The van der Waals surface area contributed by atoms with Crippen LogP contribution in [-0.2, 0) is 0 Å². The predicted octanol–water partition coefficient (Wildman–Crippen LogP) is 6.78. The third kappa shape index (κ3) is 5.60. The molecule has 35 heavy (non-hydrogen) atoms. The smallest absolute Gasteiger partial charge is 0.179 e. The van der Waals surface area contributed by atoms with E-state index in [9.17, 15) is 0 Å². The average Bonchev–Trinajstić information content (AvgIpc) is 3.17. The van der Waals surface area contributed by atoms with Crippen molar-refractivity contribution in [3.63, 3.8) is 0 Å². The molecule has 1 aliphatic rings. The number of hydrogen-bond acceptors (Lipinski definition) is 5. The summed E-state index contributed by atoms with van der Waals surface area (Å²) in [5.74, 6) is 1.50. The lowest BCUT2D eigenvalue weighted by Gasteiger charge is -2.43.